The highest BCUT2D eigenvalue weighted by molar-refractivity contribution is 5.85. The fraction of sp³-hybridized carbons (Fsp3) is 0.350. The Kier molecular flexibility index (Phi) is 4.83. The molecule has 0 spiro atoms. The molecule has 0 atom stereocenters. The second-order valence-electron chi connectivity index (χ2n) is 6.54. The Morgan fingerprint density at radius 1 is 1.24 bits per heavy atom. The van der Waals surface area contributed by atoms with Crippen molar-refractivity contribution in [3.05, 3.63) is 59.2 Å². The van der Waals surface area contributed by atoms with E-state index in [9.17, 15) is 4.79 Å². The molecule has 0 saturated carbocycles. The summed E-state index contributed by atoms with van der Waals surface area (Å²) in [5.74, 6) is 0.147. The molecule has 2 heterocycles. The third-order valence-electron chi connectivity index (χ3n) is 4.85. The van der Waals surface area contributed by atoms with Crippen molar-refractivity contribution < 1.29 is 4.79 Å². The lowest BCUT2D eigenvalue weighted by molar-refractivity contribution is -0.130. The lowest BCUT2D eigenvalue weighted by atomic mass is 10.1. The van der Waals surface area contributed by atoms with Gasteiger partial charge in [0, 0.05) is 50.5 Å². The minimum atomic E-state index is 0.147. The summed E-state index contributed by atoms with van der Waals surface area (Å²) >= 11 is 0. The van der Waals surface area contributed by atoms with Crippen LogP contribution in [0.15, 0.2) is 36.7 Å². The maximum atomic E-state index is 12.6. The van der Waals surface area contributed by atoms with Crippen LogP contribution in [-0.4, -0.2) is 32.6 Å². The maximum absolute atomic E-state index is 12.6. The highest BCUT2D eigenvalue weighted by Crippen LogP contribution is 2.19. The molecule has 0 unspecified atom stereocenters. The van der Waals surface area contributed by atoms with E-state index in [4.69, 9.17) is 0 Å². The van der Waals surface area contributed by atoms with Crippen molar-refractivity contribution in [2.75, 3.05) is 7.05 Å². The van der Waals surface area contributed by atoms with Gasteiger partial charge in [0.2, 0.25) is 5.91 Å². The number of fused-ring (bicyclic) bond motifs is 1. The molecule has 1 amide bonds. The van der Waals surface area contributed by atoms with Gasteiger partial charge in [0.1, 0.15) is 0 Å². The molecule has 25 heavy (non-hydrogen) atoms. The van der Waals surface area contributed by atoms with Crippen LogP contribution in [-0.2, 0) is 24.8 Å². The van der Waals surface area contributed by atoms with Crippen LogP contribution < -0.4 is 0 Å². The predicted molar refractivity (Wildman–Crippen MR) is 99.2 cm³/mol. The van der Waals surface area contributed by atoms with Gasteiger partial charge in [-0.3, -0.25) is 14.5 Å². The quantitative estimate of drug-likeness (QED) is 0.719. The van der Waals surface area contributed by atoms with Crippen LogP contribution in [0.2, 0.25) is 0 Å². The van der Waals surface area contributed by atoms with Crippen molar-refractivity contribution in [3.63, 3.8) is 0 Å². The summed E-state index contributed by atoms with van der Waals surface area (Å²) in [7, 11) is 3.81. The molecule has 130 valence electrons. The summed E-state index contributed by atoms with van der Waals surface area (Å²) in [6.07, 6.45) is 4.88. The molecule has 0 aliphatic heterocycles. The molecular weight excluding hydrogens is 312 g/mol. The maximum Gasteiger partial charge on any atom is 0.222 e. The molecule has 5 heteroatoms. The Hall–Kier alpha value is -2.69. The molecule has 0 bridgehead atoms. The molecular formula is C20H24N4O. The number of nitrogens with zero attached hydrogens (tertiary/aromatic N) is 4. The van der Waals surface area contributed by atoms with Crippen LogP contribution in [0.3, 0.4) is 0 Å². The van der Waals surface area contributed by atoms with Crippen molar-refractivity contribution >= 4 is 16.7 Å². The molecule has 0 radical (unpaired) electrons. The number of hydrogen-bond acceptors (Lipinski definition) is 3. The van der Waals surface area contributed by atoms with E-state index < -0.39 is 0 Å². The van der Waals surface area contributed by atoms with Gasteiger partial charge in [0.05, 0.1) is 5.69 Å². The van der Waals surface area contributed by atoms with Crippen LogP contribution in [0.1, 0.15) is 28.9 Å². The zero-order valence-corrected chi connectivity index (χ0v) is 15.3. The normalized spacial score (nSPS) is 11.0. The lowest BCUT2D eigenvalue weighted by Gasteiger charge is -2.18. The van der Waals surface area contributed by atoms with Gasteiger partial charge < -0.3 is 4.90 Å². The minimum Gasteiger partial charge on any atom is -0.341 e. The SMILES string of the molecule is Cc1nn(C)c(C)c1CCC(=O)N(C)Cc1cccc2cnccc12. The standard InChI is InChI=1S/C20H24N4O/c1-14-18(15(2)24(4)22-14)8-9-20(25)23(3)13-17-7-5-6-16-12-21-11-10-19(16)17/h5-7,10-12H,8-9,13H2,1-4H3. The third kappa shape index (κ3) is 3.55. The van der Waals surface area contributed by atoms with Gasteiger partial charge in [-0.25, -0.2) is 0 Å². The first-order valence-electron chi connectivity index (χ1n) is 8.52. The van der Waals surface area contributed by atoms with Gasteiger partial charge in [-0.2, -0.15) is 5.10 Å². The van der Waals surface area contributed by atoms with Gasteiger partial charge in [0.15, 0.2) is 0 Å². The highest BCUT2D eigenvalue weighted by atomic mass is 16.2. The van der Waals surface area contributed by atoms with Crippen molar-refractivity contribution in [1.82, 2.24) is 19.7 Å². The summed E-state index contributed by atoms with van der Waals surface area (Å²) < 4.78 is 1.88. The number of aryl methyl sites for hydroxylation is 2. The minimum absolute atomic E-state index is 0.147. The molecule has 0 saturated heterocycles. The van der Waals surface area contributed by atoms with E-state index >= 15 is 0 Å². The topological polar surface area (TPSA) is 51.0 Å². The first kappa shape index (κ1) is 17.1. The molecule has 0 aliphatic rings. The van der Waals surface area contributed by atoms with Crippen molar-refractivity contribution in [2.24, 2.45) is 7.05 Å². The van der Waals surface area contributed by atoms with Gasteiger partial charge >= 0.3 is 0 Å². The number of benzene rings is 1. The van der Waals surface area contributed by atoms with E-state index in [2.05, 4.69) is 16.1 Å². The van der Waals surface area contributed by atoms with E-state index in [-0.39, 0.29) is 5.91 Å². The number of rotatable bonds is 5. The molecule has 0 aliphatic carbocycles. The van der Waals surface area contributed by atoms with Gasteiger partial charge in [-0.1, -0.05) is 18.2 Å². The van der Waals surface area contributed by atoms with Gasteiger partial charge in [0.25, 0.3) is 0 Å². The van der Waals surface area contributed by atoms with Crippen LogP contribution in [0.4, 0.5) is 0 Å². The molecule has 3 rings (SSSR count). The lowest BCUT2D eigenvalue weighted by Crippen LogP contribution is -2.26. The van der Waals surface area contributed by atoms with Crippen LogP contribution in [0, 0.1) is 13.8 Å². The average molecular weight is 336 g/mol. The van der Waals surface area contributed by atoms with E-state index in [0.717, 1.165) is 34.1 Å². The zero-order valence-electron chi connectivity index (χ0n) is 15.3. The molecule has 2 aromatic heterocycles. The number of pyridine rings is 1. The van der Waals surface area contributed by atoms with Crippen LogP contribution >= 0.6 is 0 Å². The van der Waals surface area contributed by atoms with E-state index in [1.165, 1.54) is 5.56 Å². The van der Waals surface area contributed by atoms with E-state index in [1.807, 2.05) is 57.0 Å². The zero-order chi connectivity index (χ0) is 18.0. The Balaban J connectivity index is 1.68. The van der Waals surface area contributed by atoms with Crippen molar-refractivity contribution in [2.45, 2.75) is 33.2 Å². The third-order valence-corrected chi connectivity index (χ3v) is 4.85. The predicted octanol–water partition coefficient (Wildman–Crippen LogP) is 3.18. The Morgan fingerprint density at radius 2 is 2.04 bits per heavy atom. The average Bonchev–Trinajstić information content (AvgIpc) is 2.85. The number of carbonyl (C=O) groups is 1. The number of aromatic nitrogens is 3. The molecule has 0 N–H and O–H groups in total. The second kappa shape index (κ2) is 7.05. The van der Waals surface area contributed by atoms with Gasteiger partial charge in [-0.15, -0.1) is 0 Å². The smallest absolute Gasteiger partial charge is 0.222 e. The molecule has 3 aromatic rings. The number of carbonyl (C=O) groups excluding carboxylic acids is 1. The summed E-state index contributed by atoms with van der Waals surface area (Å²) in [5, 5.41) is 6.67. The molecule has 1 aromatic carbocycles. The first-order valence-corrected chi connectivity index (χ1v) is 8.52. The summed E-state index contributed by atoms with van der Waals surface area (Å²) in [6.45, 7) is 4.65. The number of hydrogen-bond donors (Lipinski definition) is 0. The van der Waals surface area contributed by atoms with Gasteiger partial charge in [-0.05, 0) is 42.8 Å². The summed E-state index contributed by atoms with van der Waals surface area (Å²) in [5.41, 5.74) is 4.47. The summed E-state index contributed by atoms with van der Waals surface area (Å²) in [4.78, 5) is 18.5. The fourth-order valence-corrected chi connectivity index (χ4v) is 3.27. The number of amides is 1. The summed E-state index contributed by atoms with van der Waals surface area (Å²) in [6, 6.07) is 8.13. The monoisotopic (exact) mass is 336 g/mol. The molecule has 0 fully saturated rings. The Bertz CT molecular complexity index is 908. The largest absolute Gasteiger partial charge is 0.341 e. The van der Waals surface area contributed by atoms with E-state index in [0.29, 0.717) is 13.0 Å². The van der Waals surface area contributed by atoms with Crippen molar-refractivity contribution in [1.29, 1.82) is 0 Å². The van der Waals surface area contributed by atoms with Crippen LogP contribution in [0.25, 0.3) is 10.8 Å². The molecule has 5 nitrogen and oxygen atoms in total. The fourth-order valence-electron chi connectivity index (χ4n) is 3.27. The van der Waals surface area contributed by atoms with Crippen LogP contribution in [0.5, 0.6) is 0 Å². The first-order chi connectivity index (χ1) is 12.0. The Morgan fingerprint density at radius 3 is 2.76 bits per heavy atom. The van der Waals surface area contributed by atoms with Crippen molar-refractivity contribution in [3.8, 4) is 0 Å². The van der Waals surface area contributed by atoms with E-state index in [1.54, 1.807) is 11.1 Å². The highest BCUT2D eigenvalue weighted by Gasteiger charge is 2.14. The second-order valence-corrected chi connectivity index (χ2v) is 6.54. The Labute approximate surface area is 148 Å².